The first kappa shape index (κ1) is 15.5. The normalized spacial score (nSPS) is 17.6. The highest BCUT2D eigenvalue weighted by molar-refractivity contribution is 6.31. The minimum Gasteiger partial charge on any atom is -0.300 e. The topological polar surface area (TPSA) is 38.1 Å². The van der Waals surface area contributed by atoms with Crippen molar-refractivity contribution in [1.29, 1.82) is 0 Å². The molecule has 1 aromatic rings. The Kier molecular flexibility index (Phi) is 5.22. The van der Waals surface area contributed by atoms with Crippen molar-refractivity contribution in [2.24, 2.45) is 5.92 Å². The molecule has 0 atom stereocenters. The number of hydrogen-bond acceptors (Lipinski definition) is 3. The monoisotopic (exact) mass is 297 g/mol. The zero-order valence-electron chi connectivity index (χ0n) is 12.7. The van der Waals surface area contributed by atoms with Crippen molar-refractivity contribution in [3.63, 3.8) is 0 Å². The van der Waals surface area contributed by atoms with Crippen LogP contribution in [0.4, 0.5) is 0 Å². The van der Waals surface area contributed by atoms with E-state index in [4.69, 9.17) is 11.6 Å². The van der Waals surface area contributed by atoms with Gasteiger partial charge in [0, 0.05) is 19.0 Å². The SMILES string of the molecule is CCc1nn(CC)c(CN2CCC(C(C)=O)CC2)c1Cl. The predicted octanol–water partition coefficient (Wildman–Crippen LogP) is 2.92. The number of likely N-dealkylation sites (tertiary alicyclic amines) is 1. The van der Waals surface area contributed by atoms with Gasteiger partial charge in [0.05, 0.1) is 16.4 Å². The quantitative estimate of drug-likeness (QED) is 0.839. The van der Waals surface area contributed by atoms with E-state index in [1.807, 2.05) is 4.68 Å². The molecule has 1 aliphatic rings. The van der Waals surface area contributed by atoms with E-state index in [1.54, 1.807) is 6.92 Å². The van der Waals surface area contributed by atoms with Crippen LogP contribution in [-0.2, 0) is 24.3 Å². The van der Waals surface area contributed by atoms with Crippen molar-refractivity contribution < 1.29 is 4.79 Å². The summed E-state index contributed by atoms with van der Waals surface area (Å²) >= 11 is 6.44. The highest BCUT2D eigenvalue weighted by Crippen LogP contribution is 2.25. The van der Waals surface area contributed by atoms with Gasteiger partial charge in [-0.1, -0.05) is 18.5 Å². The number of halogens is 1. The number of aromatic nitrogens is 2. The average molecular weight is 298 g/mol. The molecule has 0 bridgehead atoms. The minimum absolute atomic E-state index is 0.254. The molecule has 112 valence electrons. The van der Waals surface area contributed by atoms with Crippen molar-refractivity contribution in [3.8, 4) is 0 Å². The maximum absolute atomic E-state index is 11.4. The third-order valence-electron chi connectivity index (χ3n) is 4.23. The third-order valence-corrected chi connectivity index (χ3v) is 4.67. The first-order chi connectivity index (χ1) is 9.56. The molecule has 0 amide bonds. The summed E-state index contributed by atoms with van der Waals surface area (Å²) in [6.07, 6.45) is 2.80. The van der Waals surface area contributed by atoms with E-state index in [0.717, 1.165) is 61.9 Å². The molecule has 2 heterocycles. The second-order valence-corrected chi connectivity index (χ2v) is 5.92. The smallest absolute Gasteiger partial charge is 0.133 e. The Morgan fingerprint density at radius 2 is 2.00 bits per heavy atom. The molecule has 2 rings (SSSR count). The predicted molar refractivity (Wildman–Crippen MR) is 81.0 cm³/mol. The van der Waals surface area contributed by atoms with E-state index >= 15 is 0 Å². The second-order valence-electron chi connectivity index (χ2n) is 5.54. The number of Topliss-reactive ketones (excluding diaryl/α,β-unsaturated/α-hetero) is 1. The van der Waals surface area contributed by atoms with E-state index < -0.39 is 0 Å². The van der Waals surface area contributed by atoms with Gasteiger partial charge in [-0.05, 0) is 46.2 Å². The van der Waals surface area contributed by atoms with E-state index in [2.05, 4.69) is 23.8 Å². The number of rotatable bonds is 5. The summed E-state index contributed by atoms with van der Waals surface area (Å²) in [4.78, 5) is 13.8. The van der Waals surface area contributed by atoms with Crippen LogP contribution in [0.3, 0.4) is 0 Å². The van der Waals surface area contributed by atoms with Gasteiger partial charge in [-0.15, -0.1) is 0 Å². The Labute approximate surface area is 126 Å². The van der Waals surface area contributed by atoms with Crippen molar-refractivity contribution in [3.05, 3.63) is 16.4 Å². The Morgan fingerprint density at radius 1 is 1.35 bits per heavy atom. The molecular formula is C15H24ClN3O. The summed E-state index contributed by atoms with van der Waals surface area (Å²) in [5, 5.41) is 5.38. The van der Waals surface area contributed by atoms with E-state index in [9.17, 15) is 4.79 Å². The molecule has 1 aliphatic heterocycles. The molecule has 5 heteroatoms. The fourth-order valence-corrected chi connectivity index (χ4v) is 3.21. The summed E-state index contributed by atoms with van der Waals surface area (Å²) in [7, 11) is 0. The molecule has 0 unspecified atom stereocenters. The van der Waals surface area contributed by atoms with Crippen molar-refractivity contribution in [2.75, 3.05) is 13.1 Å². The number of nitrogens with zero attached hydrogens (tertiary/aromatic N) is 3. The molecule has 0 spiro atoms. The Morgan fingerprint density at radius 3 is 2.50 bits per heavy atom. The molecule has 20 heavy (non-hydrogen) atoms. The van der Waals surface area contributed by atoms with Crippen LogP contribution in [-0.4, -0.2) is 33.6 Å². The molecule has 0 aromatic carbocycles. The maximum atomic E-state index is 11.4. The largest absolute Gasteiger partial charge is 0.300 e. The fourth-order valence-electron chi connectivity index (χ4n) is 2.88. The van der Waals surface area contributed by atoms with E-state index in [1.165, 1.54) is 0 Å². The Hall–Kier alpha value is -0.870. The van der Waals surface area contributed by atoms with Crippen molar-refractivity contribution in [1.82, 2.24) is 14.7 Å². The van der Waals surface area contributed by atoms with E-state index in [-0.39, 0.29) is 5.92 Å². The van der Waals surface area contributed by atoms with Crippen molar-refractivity contribution in [2.45, 2.75) is 53.1 Å². The van der Waals surface area contributed by atoms with E-state index in [0.29, 0.717) is 5.78 Å². The lowest BCUT2D eigenvalue weighted by atomic mass is 9.93. The van der Waals surface area contributed by atoms with Crippen LogP contribution in [0.25, 0.3) is 0 Å². The molecule has 0 saturated carbocycles. The van der Waals surface area contributed by atoms with Gasteiger partial charge in [0.25, 0.3) is 0 Å². The van der Waals surface area contributed by atoms with Gasteiger partial charge in [0.1, 0.15) is 5.78 Å². The lowest BCUT2D eigenvalue weighted by Crippen LogP contribution is -2.35. The van der Waals surface area contributed by atoms with Gasteiger partial charge >= 0.3 is 0 Å². The van der Waals surface area contributed by atoms with Gasteiger partial charge in [-0.25, -0.2) is 0 Å². The van der Waals surface area contributed by atoms with Crippen LogP contribution >= 0.6 is 11.6 Å². The highest BCUT2D eigenvalue weighted by Gasteiger charge is 2.24. The van der Waals surface area contributed by atoms with Crippen LogP contribution in [0.5, 0.6) is 0 Å². The molecule has 1 aromatic heterocycles. The van der Waals surface area contributed by atoms with Crippen molar-refractivity contribution >= 4 is 17.4 Å². The number of hydrogen-bond donors (Lipinski definition) is 0. The molecule has 0 aliphatic carbocycles. The summed E-state index contributed by atoms with van der Waals surface area (Å²) < 4.78 is 2.01. The third kappa shape index (κ3) is 3.23. The number of aryl methyl sites for hydroxylation is 2. The zero-order chi connectivity index (χ0) is 14.7. The summed E-state index contributed by atoms with van der Waals surface area (Å²) in [6, 6.07) is 0. The molecule has 1 fully saturated rings. The second kappa shape index (κ2) is 6.72. The molecule has 4 nitrogen and oxygen atoms in total. The molecule has 0 N–H and O–H groups in total. The Balaban J connectivity index is 2.04. The summed E-state index contributed by atoms with van der Waals surface area (Å²) in [5.74, 6) is 0.582. The first-order valence-electron chi connectivity index (χ1n) is 7.53. The van der Waals surface area contributed by atoms with Crippen LogP contribution in [0.15, 0.2) is 0 Å². The lowest BCUT2D eigenvalue weighted by molar-refractivity contribution is -0.122. The van der Waals surface area contributed by atoms with Crippen LogP contribution in [0.1, 0.15) is 45.0 Å². The number of piperidine rings is 1. The Bertz CT molecular complexity index is 476. The summed E-state index contributed by atoms with van der Waals surface area (Å²) in [5.41, 5.74) is 2.11. The maximum Gasteiger partial charge on any atom is 0.133 e. The minimum atomic E-state index is 0.254. The average Bonchev–Trinajstić information content (AvgIpc) is 2.76. The van der Waals surface area contributed by atoms with Crippen LogP contribution in [0, 0.1) is 5.92 Å². The van der Waals surface area contributed by atoms with Crippen LogP contribution in [0.2, 0.25) is 5.02 Å². The van der Waals surface area contributed by atoms with Gasteiger partial charge in [-0.3, -0.25) is 14.4 Å². The van der Waals surface area contributed by atoms with Gasteiger partial charge in [0.2, 0.25) is 0 Å². The standard InChI is InChI=1S/C15H24ClN3O/c1-4-13-15(16)14(19(5-2)17-13)10-18-8-6-12(7-9-18)11(3)20/h12H,4-10H2,1-3H3. The number of carbonyl (C=O) groups excluding carboxylic acids is 1. The molecule has 1 saturated heterocycles. The van der Waals surface area contributed by atoms with Crippen LogP contribution < -0.4 is 0 Å². The summed E-state index contributed by atoms with van der Waals surface area (Å²) in [6.45, 7) is 9.50. The molecule has 0 radical (unpaired) electrons. The fraction of sp³-hybridized carbons (Fsp3) is 0.733. The van der Waals surface area contributed by atoms with Gasteiger partial charge in [0.15, 0.2) is 0 Å². The first-order valence-corrected chi connectivity index (χ1v) is 7.91. The number of carbonyl (C=O) groups is 1. The highest BCUT2D eigenvalue weighted by atomic mass is 35.5. The van der Waals surface area contributed by atoms with Gasteiger partial charge < -0.3 is 0 Å². The molecular weight excluding hydrogens is 274 g/mol. The lowest BCUT2D eigenvalue weighted by Gasteiger charge is -2.30. The zero-order valence-corrected chi connectivity index (χ0v) is 13.4. The van der Waals surface area contributed by atoms with Gasteiger partial charge in [-0.2, -0.15) is 5.10 Å². The number of ketones is 1.